The molecule has 3 unspecified atom stereocenters. The number of hydrogen-bond acceptors (Lipinski definition) is 2. The van der Waals surface area contributed by atoms with E-state index in [0.29, 0.717) is 17.5 Å². The highest BCUT2D eigenvalue weighted by Crippen LogP contribution is 2.38. The summed E-state index contributed by atoms with van der Waals surface area (Å²) in [6.45, 7) is 13.9. The maximum atomic E-state index is 6.41. The Hall–Kier alpha value is -0.0800. The van der Waals surface area contributed by atoms with E-state index < -0.39 is 0 Å². The Kier molecular flexibility index (Phi) is 4.81. The predicted molar refractivity (Wildman–Crippen MR) is 71.5 cm³/mol. The van der Waals surface area contributed by atoms with Crippen molar-refractivity contribution in [2.45, 2.75) is 66.0 Å². The smallest absolute Gasteiger partial charge is 0.0252 e. The van der Waals surface area contributed by atoms with Crippen molar-refractivity contribution < 1.29 is 0 Å². The first-order valence-corrected chi connectivity index (χ1v) is 6.92. The second-order valence-corrected chi connectivity index (χ2v) is 6.22. The lowest BCUT2D eigenvalue weighted by Gasteiger charge is -2.35. The molecule has 3 atom stereocenters. The number of likely N-dealkylation sites (N-methyl/N-ethyl adjacent to an activating group) is 1. The molecule has 2 heteroatoms. The molecule has 0 aromatic heterocycles. The second kappa shape index (κ2) is 5.50. The van der Waals surface area contributed by atoms with Crippen molar-refractivity contribution in [3.63, 3.8) is 0 Å². The van der Waals surface area contributed by atoms with Crippen LogP contribution in [0.3, 0.4) is 0 Å². The quantitative estimate of drug-likeness (QED) is 0.781. The van der Waals surface area contributed by atoms with Crippen LogP contribution >= 0.6 is 0 Å². The summed E-state index contributed by atoms with van der Waals surface area (Å²) in [4.78, 5) is 2.60. The molecule has 1 fully saturated rings. The monoisotopic (exact) mass is 226 g/mol. The van der Waals surface area contributed by atoms with Gasteiger partial charge in [0.25, 0.3) is 0 Å². The van der Waals surface area contributed by atoms with Crippen LogP contribution in [-0.2, 0) is 0 Å². The van der Waals surface area contributed by atoms with Gasteiger partial charge in [-0.25, -0.2) is 0 Å². The van der Waals surface area contributed by atoms with Crippen LogP contribution in [0.1, 0.15) is 53.9 Å². The number of nitrogens with two attached hydrogens (primary N) is 1. The Morgan fingerprint density at radius 3 is 2.38 bits per heavy atom. The van der Waals surface area contributed by atoms with Gasteiger partial charge in [-0.15, -0.1) is 0 Å². The molecule has 0 radical (unpaired) electrons. The molecule has 96 valence electrons. The largest absolute Gasteiger partial charge is 0.326 e. The van der Waals surface area contributed by atoms with Crippen molar-refractivity contribution in [1.82, 2.24) is 4.90 Å². The summed E-state index contributed by atoms with van der Waals surface area (Å²) in [5, 5.41) is 0. The van der Waals surface area contributed by atoms with Gasteiger partial charge in [-0.05, 0) is 30.7 Å². The Balaban J connectivity index is 2.61. The number of nitrogens with zero attached hydrogens (tertiary/aromatic N) is 1. The van der Waals surface area contributed by atoms with Gasteiger partial charge < -0.3 is 5.73 Å². The topological polar surface area (TPSA) is 29.3 Å². The van der Waals surface area contributed by atoms with Gasteiger partial charge in [0.15, 0.2) is 0 Å². The molecule has 1 aliphatic rings. The van der Waals surface area contributed by atoms with Gasteiger partial charge in [0.05, 0.1) is 0 Å². The van der Waals surface area contributed by atoms with E-state index in [1.54, 1.807) is 0 Å². The van der Waals surface area contributed by atoms with E-state index in [4.69, 9.17) is 5.73 Å². The molecule has 1 aliphatic carbocycles. The van der Waals surface area contributed by atoms with Crippen molar-refractivity contribution in [3.05, 3.63) is 0 Å². The van der Waals surface area contributed by atoms with Crippen molar-refractivity contribution in [1.29, 1.82) is 0 Å². The molecule has 1 rings (SSSR count). The van der Waals surface area contributed by atoms with Crippen LogP contribution in [0, 0.1) is 11.3 Å². The Bertz CT molecular complexity index is 213. The minimum Gasteiger partial charge on any atom is -0.326 e. The van der Waals surface area contributed by atoms with E-state index in [9.17, 15) is 0 Å². The first-order chi connectivity index (χ1) is 7.42. The van der Waals surface area contributed by atoms with Gasteiger partial charge in [-0.2, -0.15) is 0 Å². The maximum Gasteiger partial charge on any atom is 0.0252 e. The van der Waals surface area contributed by atoms with Crippen LogP contribution in [0.15, 0.2) is 0 Å². The van der Waals surface area contributed by atoms with E-state index in [1.807, 2.05) is 0 Å². The molecule has 2 nitrogen and oxygen atoms in total. The third-order valence-corrected chi connectivity index (χ3v) is 4.52. The van der Waals surface area contributed by atoms with Crippen LogP contribution in [0.25, 0.3) is 0 Å². The highest BCUT2D eigenvalue weighted by molar-refractivity contribution is 4.99. The second-order valence-electron chi connectivity index (χ2n) is 6.22. The molecule has 0 spiro atoms. The van der Waals surface area contributed by atoms with E-state index in [0.717, 1.165) is 12.5 Å². The fourth-order valence-corrected chi connectivity index (χ4v) is 2.83. The molecule has 0 aromatic carbocycles. The van der Waals surface area contributed by atoms with Crippen LogP contribution in [0.2, 0.25) is 0 Å². The molecule has 0 aromatic rings. The summed E-state index contributed by atoms with van der Waals surface area (Å²) in [5.74, 6) is 0.788. The van der Waals surface area contributed by atoms with Gasteiger partial charge in [-0.3, -0.25) is 4.90 Å². The molecule has 0 heterocycles. The molecule has 0 aliphatic heterocycles. The Morgan fingerprint density at radius 2 is 2.00 bits per heavy atom. The zero-order valence-corrected chi connectivity index (χ0v) is 11.8. The van der Waals surface area contributed by atoms with Crippen LogP contribution < -0.4 is 5.73 Å². The standard InChI is InChI=1S/C14H30N2/c1-6-11(3)10-16(7-2)12-8-9-14(4,5)13(12)15/h11-13H,6-10,15H2,1-5H3. The zero-order chi connectivity index (χ0) is 12.3. The number of rotatable bonds is 5. The first-order valence-electron chi connectivity index (χ1n) is 6.92. The lowest BCUT2D eigenvalue weighted by molar-refractivity contribution is 0.150. The van der Waals surface area contributed by atoms with Crippen molar-refractivity contribution >= 4 is 0 Å². The molecule has 0 bridgehead atoms. The van der Waals surface area contributed by atoms with Gasteiger partial charge in [-0.1, -0.05) is 41.0 Å². The first kappa shape index (κ1) is 14.0. The van der Waals surface area contributed by atoms with E-state index in [1.165, 1.54) is 25.8 Å². The highest BCUT2D eigenvalue weighted by atomic mass is 15.2. The summed E-state index contributed by atoms with van der Waals surface area (Å²) in [6, 6.07) is 0.950. The average molecular weight is 226 g/mol. The Labute approximate surface area is 102 Å². The van der Waals surface area contributed by atoms with Crippen LogP contribution in [0.5, 0.6) is 0 Å². The summed E-state index contributed by atoms with van der Waals surface area (Å²) in [7, 11) is 0. The van der Waals surface area contributed by atoms with Crippen molar-refractivity contribution in [2.24, 2.45) is 17.1 Å². The van der Waals surface area contributed by atoms with E-state index in [-0.39, 0.29) is 0 Å². The SMILES string of the molecule is CCC(C)CN(CC)C1CCC(C)(C)C1N. The summed E-state index contributed by atoms with van der Waals surface area (Å²) in [6.07, 6.45) is 3.82. The van der Waals surface area contributed by atoms with Gasteiger partial charge in [0, 0.05) is 18.6 Å². The lowest BCUT2D eigenvalue weighted by atomic mass is 9.87. The van der Waals surface area contributed by atoms with Crippen molar-refractivity contribution in [3.8, 4) is 0 Å². The molecule has 2 N–H and O–H groups in total. The summed E-state index contributed by atoms with van der Waals surface area (Å²) in [5.41, 5.74) is 6.74. The highest BCUT2D eigenvalue weighted by Gasteiger charge is 2.41. The third kappa shape index (κ3) is 2.98. The maximum absolute atomic E-state index is 6.41. The fraction of sp³-hybridized carbons (Fsp3) is 1.00. The molecule has 0 amide bonds. The van der Waals surface area contributed by atoms with E-state index in [2.05, 4.69) is 39.5 Å². The molecular formula is C14H30N2. The fourth-order valence-electron chi connectivity index (χ4n) is 2.83. The van der Waals surface area contributed by atoms with Gasteiger partial charge in [0.1, 0.15) is 0 Å². The normalized spacial score (nSPS) is 30.9. The minimum atomic E-state index is 0.327. The molecule has 16 heavy (non-hydrogen) atoms. The lowest BCUT2D eigenvalue weighted by Crippen LogP contribution is -2.50. The van der Waals surface area contributed by atoms with Gasteiger partial charge >= 0.3 is 0 Å². The van der Waals surface area contributed by atoms with Crippen LogP contribution in [0.4, 0.5) is 0 Å². The predicted octanol–water partition coefficient (Wildman–Crippen LogP) is 2.87. The van der Waals surface area contributed by atoms with Crippen molar-refractivity contribution in [2.75, 3.05) is 13.1 Å². The Morgan fingerprint density at radius 1 is 1.38 bits per heavy atom. The molecule has 1 saturated carbocycles. The number of hydrogen-bond donors (Lipinski definition) is 1. The third-order valence-electron chi connectivity index (χ3n) is 4.52. The van der Waals surface area contributed by atoms with E-state index >= 15 is 0 Å². The van der Waals surface area contributed by atoms with Crippen LogP contribution in [-0.4, -0.2) is 30.1 Å². The zero-order valence-electron chi connectivity index (χ0n) is 11.8. The molecular weight excluding hydrogens is 196 g/mol. The molecule has 0 saturated heterocycles. The summed E-state index contributed by atoms with van der Waals surface area (Å²) < 4.78 is 0. The average Bonchev–Trinajstić information content (AvgIpc) is 2.51. The summed E-state index contributed by atoms with van der Waals surface area (Å²) >= 11 is 0. The van der Waals surface area contributed by atoms with Gasteiger partial charge in [0.2, 0.25) is 0 Å². The minimum absolute atomic E-state index is 0.327.